The lowest BCUT2D eigenvalue weighted by Crippen LogP contribution is -2.28. The molecule has 116 valence electrons. The maximum absolute atomic E-state index is 12.3. The molecule has 3 heteroatoms. The number of amides is 1. The minimum Gasteiger partial charge on any atom is -0.351 e. The standard InChI is InChI=1S/C19H23NOS/c1-3-16(17-9-5-4-6-10-17)13-20-19(21)18-11-7-8-15(12-18)14-22-2/h4-12,16H,3,13-14H2,1-2H3,(H,20,21). The summed E-state index contributed by atoms with van der Waals surface area (Å²) in [6.45, 7) is 2.83. The highest BCUT2D eigenvalue weighted by Crippen LogP contribution is 2.18. The number of hydrogen-bond acceptors (Lipinski definition) is 2. The lowest BCUT2D eigenvalue weighted by atomic mass is 9.96. The van der Waals surface area contributed by atoms with Gasteiger partial charge in [0.1, 0.15) is 0 Å². The number of nitrogens with one attached hydrogen (secondary N) is 1. The highest BCUT2D eigenvalue weighted by molar-refractivity contribution is 7.97. The molecule has 0 aliphatic rings. The van der Waals surface area contributed by atoms with Crippen molar-refractivity contribution in [2.45, 2.75) is 25.0 Å². The molecular formula is C19H23NOS. The predicted octanol–water partition coefficient (Wildman–Crippen LogP) is 4.47. The summed E-state index contributed by atoms with van der Waals surface area (Å²) in [5, 5.41) is 3.07. The van der Waals surface area contributed by atoms with E-state index in [-0.39, 0.29) is 5.91 Å². The number of carbonyl (C=O) groups excluding carboxylic acids is 1. The van der Waals surface area contributed by atoms with Gasteiger partial charge in [-0.2, -0.15) is 11.8 Å². The average molecular weight is 313 g/mol. The molecule has 0 aromatic heterocycles. The van der Waals surface area contributed by atoms with E-state index in [2.05, 4.69) is 36.7 Å². The summed E-state index contributed by atoms with van der Waals surface area (Å²) in [5.41, 5.74) is 3.21. The Morgan fingerprint density at radius 2 is 1.91 bits per heavy atom. The van der Waals surface area contributed by atoms with Crippen LogP contribution in [-0.4, -0.2) is 18.7 Å². The largest absolute Gasteiger partial charge is 0.351 e. The molecule has 1 atom stereocenters. The summed E-state index contributed by atoms with van der Waals surface area (Å²) in [6.07, 6.45) is 3.08. The second kappa shape index (κ2) is 8.64. The van der Waals surface area contributed by atoms with Gasteiger partial charge < -0.3 is 5.32 Å². The highest BCUT2D eigenvalue weighted by Gasteiger charge is 2.12. The third-order valence-electron chi connectivity index (χ3n) is 3.77. The van der Waals surface area contributed by atoms with Gasteiger partial charge in [-0.25, -0.2) is 0 Å². The zero-order chi connectivity index (χ0) is 15.8. The Hall–Kier alpha value is -1.74. The van der Waals surface area contributed by atoms with Crippen molar-refractivity contribution >= 4 is 17.7 Å². The van der Waals surface area contributed by atoms with Gasteiger partial charge in [0.15, 0.2) is 0 Å². The minimum absolute atomic E-state index is 0.0114. The maximum atomic E-state index is 12.3. The summed E-state index contributed by atoms with van der Waals surface area (Å²) in [5.74, 6) is 1.31. The number of rotatable bonds is 7. The van der Waals surface area contributed by atoms with Crippen LogP contribution in [0.2, 0.25) is 0 Å². The van der Waals surface area contributed by atoms with E-state index in [4.69, 9.17) is 0 Å². The van der Waals surface area contributed by atoms with E-state index < -0.39 is 0 Å². The van der Waals surface area contributed by atoms with Crippen LogP contribution >= 0.6 is 11.8 Å². The SMILES string of the molecule is CCC(CNC(=O)c1cccc(CSC)c1)c1ccccc1. The highest BCUT2D eigenvalue weighted by atomic mass is 32.2. The molecular weight excluding hydrogens is 290 g/mol. The number of benzene rings is 2. The quantitative estimate of drug-likeness (QED) is 0.817. The first-order valence-corrected chi connectivity index (χ1v) is 9.05. The lowest BCUT2D eigenvalue weighted by molar-refractivity contribution is 0.0951. The van der Waals surface area contributed by atoms with E-state index in [1.54, 1.807) is 11.8 Å². The molecule has 2 nitrogen and oxygen atoms in total. The Morgan fingerprint density at radius 1 is 1.14 bits per heavy atom. The Morgan fingerprint density at radius 3 is 2.59 bits per heavy atom. The molecule has 1 amide bonds. The normalized spacial score (nSPS) is 11.9. The number of thioether (sulfide) groups is 1. The smallest absolute Gasteiger partial charge is 0.251 e. The van der Waals surface area contributed by atoms with Gasteiger partial charge in [0.05, 0.1) is 0 Å². The Kier molecular flexibility index (Phi) is 6.53. The average Bonchev–Trinajstić information content (AvgIpc) is 2.57. The van der Waals surface area contributed by atoms with Crippen LogP contribution in [0.3, 0.4) is 0 Å². The fourth-order valence-corrected chi connectivity index (χ4v) is 3.02. The van der Waals surface area contributed by atoms with Crippen molar-refractivity contribution in [3.63, 3.8) is 0 Å². The number of hydrogen-bond donors (Lipinski definition) is 1. The van der Waals surface area contributed by atoms with Crippen molar-refractivity contribution in [2.75, 3.05) is 12.8 Å². The molecule has 0 radical (unpaired) electrons. The maximum Gasteiger partial charge on any atom is 0.251 e. The van der Waals surface area contributed by atoms with Crippen molar-refractivity contribution < 1.29 is 4.79 Å². The molecule has 0 aliphatic heterocycles. The predicted molar refractivity (Wildman–Crippen MR) is 95.5 cm³/mol. The van der Waals surface area contributed by atoms with Crippen LogP contribution in [0.25, 0.3) is 0 Å². The van der Waals surface area contributed by atoms with Crippen LogP contribution < -0.4 is 5.32 Å². The molecule has 0 aliphatic carbocycles. The van der Waals surface area contributed by atoms with Crippen LogP contribution in [0, 0.1) is 0 Å². The van der Waals surface area contributed by atoms with E-state index in [9.17, 15) is 4.79 Å². The Balaban J connectivity index is 1.98. The lowest BCUT2D eigenvalue weighted by Gasteiger charge is -2.16. The molecule has 2 rings (SSSR count). The molecule has 0 saturated carbocycles. The van der Waals surface area contributed by atoms with E-state index in [0.717, 1.165) is 17.7 Å². The van der Waals surface area contributed by atoms with E-state index in [1.165, 1.54) is 11.1 Å². The molecule has 22 heavy (non-hydrogen) atoms. The zero-order valence-electron chi connectivity index (χ0n) is 13.2. The summed E-state index contributed by atoms with van der Waals surface area (Å²) in [6, 6.07) is 18.2. The van der Waals surface area contributed by atoms with Gasteiger partial charge >= 0.3 is 0 Å². The van der Waals surface area contributed by atoms with Gasteiger partial charge in [0.2, 0.25) is 0 Å². The van der Waals surface area contributed by atoms with Gasteiger partial charge in [0.25, 0.3) is 5.91 Å². The molecule has 0 bridgehead atoms. The Bertz CT molecular complexity index is 597. The molecule has 0 fully saturated rings. The third kappa shape index (κ3) is 4.63. The molecule has 1 unspecified atom stereocenters. The van der Waals surface area contributed by atoms with Gasteiger partial charge in [-0.05, 0) is 35.9 Å². The molecule has 0 spiro atoms. The second-order valence-electron chi connectivity index (χ2n) is 5.36. The second-order valence-corrected chi connectivity index (χ2v) is 6.23. The fourth-order valence-electron chi connectivity index (χ4n) is 2.51. The first-order valence-electron chi connectivity index (χ1n) is 7.65. The van der Waals surface area contributed by atoms with Crippen molar-refractivity contribution in [3.8, 4) is 0 Å². The third-order valence-corrected chi connectivity index (χ3v) is 4.39. The van der Waals surface area contributed by atoms with E-state index in [1.807, 2.05) is 36.4 Å². The monoisotopic (exact) mass is 313 g/mol. The van der Waals surface area contributed by atoms with Crippen LogP contribution in [0.4, 0.5) is 0 Å². The summed E-state index contributed by atoms with van der Waals surface area (Å²) in [4.78, 5) is 12.3. The Labute approximate surface area is 137 Å². The van der Waals surface area contributed by atoms with Crippen LogP contribution in [0.15, 0.2) is 54.6 Å². The first kappa shape index (κ1) is 16.6. The summed E-state index contributed by atoms with van der Waals surface area (Å²) >= 11 is 1.76. The molecule has 0 heterocycles. The fraction of sp³-hybridized carbons (Fsp3) is 0.316. The van der Waals surface area contributed by atoms with Crippen molar-refractivity contribution in [1.82, 2.24) is 5.32 Å². The molecule has 0 saturated heterocycles. The molecule has 2 aromatic rings. The van der Waals surface area contributed by atoms with Crippen molar-refractivity contribution in [2.24, 2.45) is 0 Å². The van der Waals surface area contributed by atoms with Crippen molar-refractivity contribution in [1.29, 1.82) is 0 Å². The summed E-state index contributed by atoms with van der Waals surface area (Å²) < 4.78 is 0. The van der Waals surface area contributed by atoms with Gasteiger partial charge in [-0.3, -0.25) is 4.79 Å². The van der Waals surface area contributed by atoms with E-state index in [0.29, 0.717) is 12.5 Å². The minimum atomic E-state index is 0.0114. The van der Waals surface area contributed by atoms with Gasteiger partial charge in [-0.1, -0.05) is 49.4 Å². The van der Waals surface area contributed by atoms with Crippen LogP contribution in [0.1, 0.15) is 40.7 Å². The van der Waals surface area contributed by atoms with Crippen LogP contribution in [0.5, 0.6) is 0 Å². The summed E-state index contributed by atoms with van der Waals surface area (Å²) in [7, 11) is 0. The van der Waals surface area contributed by atoms with Crippen molar-refractivity contribution in [3.05, 3.63) is 71.3 Å². The van der Waals surface area contributed by atoms with Gasteiger partial charge in [0, 0.05) is 23.8 Å². The first-order chi connectivity index (χ1) is 10.7. The topological polar surface area (TPSA) is 29.1 Å². The zero-order valence-corrected chi connectivity index (χ0v) is 14.0. The van der Waals surface area contributed by atoms with Gasteiger partial charge in [-0.15, -0.1) is 0 Å². The number of carbonyl (C=O) groups is 1. The van der Waals surface area contributed by atoms with E-state index >= 15 is 0 Å². The molecule has 1 N–H and O–H groups in total. The molecule has 2 aromatic carbocycles. The van der Waals surface area contributed by atoms with Crippen LogP contribution in [-0.2, 0) is 5.75 Å².